The molecule has 5 nitrogen and oxygen atoms in total. The van der Waals surface area contributed by atoms with Gasteiger partial charge < -0.3 is 5.11 Å². The molecule has 27 heavy (non-hydrogen) atoms. The SMILES string of the molecule is Cc1c(S(=O)(=O)NC(CC(=O)O)c2ccc(F)cc2)sc2ccc(Cl)cc12. The van der Waals surface area contributed by atoms with Crippen molar-refractivity contribution in [3.63, 3.8) is 0 Å². The topological polar surface area (TPSA) is 83.5 Å². The number of thiophene rings is 1. The molecule has 0 aliphatic carbocycles. The number of carboxylic acids is 1. The molecule has 0 fully saturated rings. The highest BCUT2D eigenvalue weighted by Crippen LogP contribution is 2.36. The molecule has 2 aromatic carbocycles. The van der Waals surface area contributed by atoms with Crippen LogP contribution in [0.25, 0.3) is 10.1 Å². The Kier molecular flexibility index (Phi) is 5.53. The molecular formula is C18H15ClFNO4S2. The van der Waals surface area contributed by atoms with E-state index in [1.165, 1.54) is 12.1 Å². The minimum atomic E-state index is -4.00. The number of sulfonamides is 1. The smallest absolute Gasteiger partial charge is 0.305 e. The number of nitrogens with one attached hydrogen (secondary N) is 1. The Morgan fingerprint density at radius 3 is 2.56 bits per heavy atom. The van der Waals surface area contributed by atoms with E-state index in [0.717, 1.165) is 33.6 Å². The number of carboxylic acid groups (broad SMARTS) is 1. The van der Waals surface area contributed by atoms with Gasteiger partial charge in [0.25, 0.3) is 10.0 Å². The molecule has 0 saturated heterocycles. The number of rotatable bonds is 6. The number of halogens is 2. The Morgan fingerprint density at radius 2 is 1.93 bits per heavy atom. The largest absolute Gasteiger partial charge is 0.481 e. The first-order chi connectivity index (χ1) is 12.7. The maximum absolute atomic E-state index is 13.2. The number of hydrogen-bond acceptors (Lipinski definition) is 4. The summed E-state index contributed by atoms with van der Waals surface area (Å²) < 4.78 is 42.3. The summed E-state index contributed by atoms with van der Waals surface area (Å²) in [5.74, 6) is -1.67. The molecule has 3 rings (SSSR count). The molecule has 2 N–H and O–H groups in total. The second-order valence-electron chi connectivity index (χ2n) is 5.98. The average molecular weight is 428 g/mol. The van der Waals surface area contributed by atoms with Gasteiger partial charge in [-0.2, -0.15) is 0 Å². The maximum Gasteiger partial charge on any atom is 0.305 e. The number of carbonyl (C=O) groups is 1. The molecule has 0 aliphatic heterocycles. The van der Waals surface area contributed by atoms with Crippen LogP contribution in [0.2, 0.25) is 5.02 Å². The van der Waals surface area contributed by atoms with Crippen LogP contribution in [0, 0.1) is 12.7 Å². The van der Waals surface area contributed by atoms with Gasteiger partial charge in [-0.1, -0.05) is 23.7 Å². The number of benzene rings is 2. The van der Waals surface area contributed by atoms with Crippen LogP contribution in [0.5, 0.6) is 0 Å². The molecule has 1 aromatic heterocycles. The number of aryl methyl sites for hydroxylation is 1. The molecule has 142 valence electrons. The quantitative estimate of drug-likeness (QED) is 0.606. The van der Waals surface area contributed by atoms with Crippen molar-refractivity contribution >= 4 is 49.0 Å². The standard InChI is InChI=1S/C18H15ClFNO4S2/c1-10-14-8-12(19)4-7-16(14)26-18(10)27(24,25)21-15(9-17(22)23)11-2-5-13(20)6-3-11/h2-8,15,21H,9H2,1H3,(H,22,23). The molecule has 3 aromatic rings. The van der Waals surface area contributed by atoms with Gasteiger partial charge in [-0.15, -0.1) is 11.3 Å². The lowest BCUT2D eigenvalue weighted by Gasteiger charge is -2.17. The average Bonchev–Trinajstić information content (AvgIpc) is 2.92. The van der Waals surface area contributed by atoms with Gasteiger partial charge >= 0.3 is 5.97 Å². The van der Waals surface area contributed by atoms with Crippen LogP contribution >= 0.6 is 22.9 Å². The van der Waals surface area contributed by atoms with E-state index in [4.69, 9.17) is 16.7 Å². The Balaban J connectivity index is 2.01. The lowest BCUT2D eigenvalue weighted by molar-refractivity contribution is -0.137. The van der Waals surface area contributed by atoms with Gasteiger partial charge in [-0.3, -0.25) is 4.79 Å². The molecule has 0 amide bonds. The first kappa shape index (κ1) is 19.8. The van der Waals surface area contributed by atoms with E-state index >= 15 is 0 Å². The number of hydrogen-bond donors (Lipinski definition) is 2. The minimum Gasteiger partial charge on any atom is -0.481 e. The van der Waals surface area contributed by atoms with Gasteiger partial charge in [-0.05, 0) is 53.8 Å². The van der Waals surface area contributed by atoms with Gasteiger partial charge in [0.05, 0.1) is 12.5 Å². The molecular weight excluding hydrogens is 413 g/mol. The van der Waals surface area contributed by atoms with Crippen LogP contribution in [-0.2, 0) is 14.8 Å². The van der Waals surface area contributed by atoms with Crippen molar-refractivity contribution in [2.75, 3.05) is 0 Å². The third-order valence-electron chi connectivity index (χ3n) is 4.05. The van der Waals surface area contributed by atoms with Crippen molar-refractivity contribution in [3.8, 4) is 0 Å². The summed E-state index contributed by atoms with van der Waals surface area (Å²) in [6.07, 6.45) is -0.472. The predicted molar refractivity (Wildman–Crippen MR) is 103 cm³/mol. The van der Waals surface area contributed by atoms with E-state index in [1.54, 1.807) is 25.1 Å². The van der Waals surface area contributed by atoms with Crippen molar-refractivity contribution in [3.05, 3.63) is 64.4 Å². The normalized spacial score (nSPS) is 13.0. The molecule has 9 heteroatoms. The highest BCUT2D eigenvalue weighted by atomic mass is 35.5. The fourth-order valence-electron chi connectivity index (χ4n) is 2.77. The van der Waals surface area contributed by atoms with Gasteiger partial charge in [0.1, 0.15) is 10.0 Å². The van der Waals surface area contributed by atoms with E-state index < -0.39 is 34.3 Å². The molecule has 0 saturated carbocycles. The molecule has 0 bridgehead atoms. The van der Waals surface area contributed by atoms with E-state index in [0.29, 0.717) is 16.1 Å². The van der Waals surface area contributed by atoms with E-state index in [-0.39, 0.29) is 4.21 Å². The molecule has 1 unspecified atom stereocenters. The van der Waals surface area contributed by atoms with Gasteiger partial charge in [-0.25, -0.2) is 17.5 Å². The van der Waals surface area contributed by atoms with E-state index in [2.05, 4.69) is 4.72 Å². The van der Waals surface area contributed by atoms with Crippen LogP contribution in [0.1, 0.15) is 23.6 Å². The lowest BCUT2D eigenvalue weighted by Crippen LogP contribution is -2.30. The van der Waals surface area contributed by atoms with Crippen molar-refractivity contribution in [1.29, 1.82) is 0 Å². The summed E-state index contributed by atoms with van der Waals surface area (Å²) in [6.45, 7) is 1.67. The van der Waals surface area contributed by atoms with Crippen molar-refractivity contribution in [2.24, 2.45) is 0 Å². The predicted octanol–water partition coefficient (Wildman–Crippen LogP) is 4.50. The molecule has 1 atom stereocenters. The van der Waals surface area contributed by atoms with Crippen molar-refractivity contribution < 1.29 is 22.7 Å². The van der Waals surface area contributed by atoms with Crippen LogP contribution in [0.15, 0.2) is 46.7 Å². The summed E-state index contributed by atoms with van der Waals surface area (Å²) in [5, 5.41) is 10.4. The number of fused-ring (bicyclic) bond motifs is 1. The zero-order valence-corrected chi connectivity index (χ0v) is 16.5. The summed E-state index contributed by atoms with van der Waals surface area (Å²) >= 11 is 7.07. The fraction of sp³-hybridized carbons (Fsp3) is 0.167. The third kappa shape index (κ3) is 4.30. The Morgan fingerprint density at radius 1 is 1.26 bits per heavy atom. The van der Waals surface area contributed by atoms with Crippen molar-refractivity contribution in [2.45, 2.75) is 23.6 Å². The lowest BCUT2D eigenvalue weighted by atomic mass is 10.1. The third-order valence-corrected chi connectivity index (χ3v) is 7.65. The fourth-order valence-corrected chi connectivity index (χ4v) is 5.92. The van der Waals surface area contributed by atoms with Crippen molar-refractivity contribution in [1.82, 2.24) is 4.72 Å². The molecule has 0 spiro atoms. The summed E-state index contributed by atoms with van der Waals surface area (Å²) in [5.41, 5.74) is 0.905. The van der Waals surface area contributed by atoms with Crippen LogP contribution in [-0.4, -0.2) is 19.5 Å². The molecule has 0 radical (unpaired) electrons. The second kappa shape index (κ2) is 7.55. The summed E-state index contributed by atoms with van der Waals surface area (Å²) in [7, 11) is -4.00. The summed E-state index contributed by atoms with van der Waals surface area (Å²) in [4.78, 5) is 11.2. The Bertz CT molecular complexity index is 1110. The first-order valence-corrected chi connectivity index (χ1v) is 10.5. The zero-order valence-electron chi connectivity index (χ0n) is 14.1. The Labute approximate surface area is 164 Å². The number of aliphatic carboxylic acids is 1. The maximum atomic E-state index is 13.2. The monoisotopic (exact) mass is 427 g/mol. The van der Waals surface area contributed by atoms with Gasteiger partial charge in [0, 0.05) is 9.72 Å². The second-order valence-corrected chi connectivity index (χ2v) is 9.38. The molecule has 0 aliphatic rings. The molecule has 1 heterocycles. The van der Waals surface area contributed by atoms with Crippen LogP contribution < -0.4 is 4.72 Å². The minimum absolute atomic E-state index is 0.0947. The van der Waals surface area contributed by atoms with Crippen LogP contribution in [0.4, 0.5) is 4.39 Å². The first-order valence-electron chi connectivity index (χ1n) is 7.85. The van der Waals surface area contributed by atoms with Crippen LogP contribution in [0.3, 0.4) is 0 Å². The van der Waals surface area contributed by atoms with Gasteiger partial charge in [0.15, 0.2) is 0 Å². The zero-order chi connectivity index (χ0) is 19.8. The highest BCUT2D eigenvalue weighted by Gasteiger charge is 2.27. The Hall–Kier alpha value is -2.00. The van der Waals surface area contributed by atoms with E-state index in [9.17, 15) is 17.6 Å². The highest BCUT2D eigenvalue weighted by molar-refractivity contribution is 7.91. The van der Waals surface area contributed by atoms with E-state index in [1.807, 2.05) is 0 Å². The summed E-state index contributed by atoms with van der Waals surface area (Å²) in [6, 6.07) is 9.12. The van der Waals surface area contributed by atoms with Gasteiger partial charge in [0.2, 0.25) is 0 Å².